The van der Waals surface area contributed by atoms with Crippen molar-refractivity contribution in [3.63, 3.8) is 0 Å². The highest BCUT2D eigenvalue weighted by Gasteiger charge is 2.32. The molecular formula is C20H16Br2N2O3. The van der Waals surface area contributed by atoms with E-state index < -0.39 is 11.9 Å². The number of ether oxygens (including phenoxy) is 1. The lowest BCUT2D eigenvalue weighted by molar-refractivity contribution is -0.122. The number of nitrogens with zero attached hydrogens (tertiary/aromatic N) is 1. The number of rotatable bonds is 6. The van der Waals surface area contributed by atoms with Crippen LogP contribution in [0.3, 0.4) is 0 Å². The molecule has 2 aromatic carbocycles. The lowest BCUT2D eigenvalue weighted by Gasteiger charge is -2.11. The van der Waals surface area contributed by atoms with Gasteiger partial charge in [0.15, 0.2) is 0 Å². The van der Waals surface area contributed by atoms with Crippen molar-refractivity contribution in [2.24, 2.45) is 0 Å². The maximum Gasteiger partial charge on any atom is 0.329 e. The van der Waals surface area contributed by atoms with Crippen molar-refractivity contribution in [3.05, 3.63) is 80.9 Å². The second-order valence-electron chi connectivity index (χ2n) is 5.79. The predicted octanol–water partition coefficient (Wildman–Crippen LogP) is 4.87. The van der Waals surface area contributed by atoms with Crippen molar-refractivity contribution >= 4 is 49.9 Å². The van der Waals surface area contributed by atoms with Gasteiger partial charge in [0.2, 0.25) is 0 Å². The van der Waals surface area contributed by atoms with Crippen molar-refractivity contribution < 1.29 is 14.3 Å². The van der Waals surface area contributed by atoms with Gasteiger partial charge in [-0.05, 0) is 42.0 Å². The van der Waals surface area contributed by atoms with Gasteiger partial charge in [-0.1, -0.05) is 50.1 Å². The molecule has 138 valence electrons. The summed E-state index contributed by atoms with van der Waals surface area (Å²) >= 11 is 6.83. The average Bonchev–Trinajstić information content (AvgIpc) is 2.90. The van der Waals surface area contributed by atoms with E-state index in [2.05, 4.69) is 43.8 Å². The Balaban J connectivity index is 1.84. The van der Waals surface area contributed by atoms with E-state index in [1.54, 1.807) is 6.08 Å². The molecule has 0 atom stereocenters. The molecule has 0 radical (unpaired) electrons. The van der Waals surface area contributed by atoms with Gasteiger partial charge >= 0.3 is 6.03 Å². The molecule has 1 aliphatic heterocycles. The Hall–Kier alpha value is -2.38. The molecule has 2 aromatic rings. The van der Waals surface area contributed by atoms with Gasteiger partial charge in [0.05, 0.1) is 0 Å². The fourth-order valence-corrected chi connectivity index (χ4v) is 3.17. The Morgan fingerprint density at radius 1 is 1.07 bits per heavy atom. The van der Waals surface area contributed by atoms with Crippen LogP contribution in [0.25, 0.3) is 6.08 Å². The molecule has 1 heterocycles. The van der Waals surface area contributed by atoms with Crippen LogP contribution >= 0.6 is 31.9 Å². The fourth-order valence-electron chi connectivity index (χ4n) is 2.53. The highest BCUT2D eigenvalue weighted by molar-refractivity contribution is 9.10. The number of amides is 3. The summed E-state index contributed by atoms with van der Waals surface area (Å²) in [5.41, 5.74) is 1.90. The van der Waals surface area contributed by atoms with Gasteiger partial charge in [-0.15, -0.1) is 6.58 Å². The van der Waals surface area contributed by atoms with E-state index in [-0.39, 0.29) is 12.2 Å². The van der Waals surface area contributed by atoms with Crippen LogP contribution in [0.5, 0.6) is 5.75 Å². The standard InChI is InChI=1S/C20H16Br2N2O3/c1-2-9-24-19(25)17(23-20(24)26)11-14-10-16(22)7-8-18(14)27-12-13-3-5-15(21)6-4-13/h2-8,10-11H,1,9,12H2,(H,23,26)/b17-11+. The minimum Gasteiger partial charge on any atom is -0.488 e. The van der Waals surface area contributed by atoms with Crippen LogP contribution in [0, 0.1) is 0 Å². The Morgan fingerprint density at radius 2 is 1.78 bits per heavy atom. The monoisotopic (exact) mass is 490 g/mol. The van der Waals surface area contributed by atoms with Crippen LogP contribution in [0.1, 0.15) is 11.1 Å². The number of hydrogen-bond acceptors (Lipinski definition) is 3. The molecule has 27 heavy (non-hydrogen) atoms. The molecule has 0 aliphatic carbocycles. The van der Waals surface area contributed by atoms with Crippen LogP contribution in [0.4, 0.5) is 4.79 Å². The largest absolute Gasteiger partial charge is 0.488 e. The summed E-state index contributed by atoms with van der Waals surface area (Å²) in [6.45, 7) is 4.11. The number of nitrogens with one attached hydrogen (secondary N) is 1. The third-order valence-corrected chi connectivity index (χ3v) is 4.88. The van der Waals surface area contributed by atoms with Gasteiger partial charge < -0.3 is 10.1 Å². The Labute approximate surface area is 174 Å². The van der Waals surface area contributed by atoms with Crippen molar-refractivity contribution in [3.8, 4) is 5.75 Å². The molecule has 3 amide bonds. The van der Waals surface area contributed by atoms with Gasteiger partial charge in [-0.3, -0.25) is 9.69 Å². The topological polar surface area (TPSA) is 58.6 Å². The van der Waals surface area contributed by atoms with Gasteiger partial charge in [-0.25, -0.2) is 4.79 Å². The third kappa shape index (κ3) is 4.67. The smallest absolute Gasteiger partial charge is 0.329 e. The molecule has 0 saturated carbocycles. The van der Waals surface area contributed by atoms with E-state index in [4.69, 9.17) is 4.74 Å². The normalized spacial score (nSPS) is 15.2. The zero-order valence-electron chi connectivity index (χ0n) is 14.2. The molecule has 0 spiro atoms. The summed E-state index contributed by atoms with van der Waals surface area (Å²) < 4.78 is 7.77. The van der Waals surface area contributed by atoms with Gasteiger partial charge in [0, 0.05) is 21.1 Å². The number of imide groups is 1. The highest BCUT2D eigenvalue weighted by Crippen LogP contribution is 2.27. The average molecular weight is 492 g/mol. The first kappa shape index (κ1) is 19.4. The van der Waals surface area contributed by atoms with Crippen LogP contribution < -0.4 is 10.1 Å². The van der Waals surface area contributed by atoms with E-state index in [0.29, 0.717) is 17.9 Å². The summed E-state index contributed by atoms with van der Waals surface area (Å²) in [4.78, 5) is 25.4. The molecule has 1 N–H and O–H groups in total. The van der Waals surface area contributed by atoms with Crippen LogP contribution in [0.15, 0.2) is 69.8 Å². The van der Waals surface area contributed by atoms with Crippen molar-refractivity contribution in [2.45, 2.75) is 6.61 Å². The van der Waals surface area contributed by atoms with E-state index in [1.165, 1.54) is 6.08 Å². The summed E-state index contributed by atoms with van der Waals surface area (Å²) in [5.74, 6) is 0.219. The van der Waals surface area contributed by atoms with Crippen molar-refractivity contribution in [2.75, 3.05) is 6.54 Å². The summed E-state index contributed by atoms with van der Waals surface area (Å²) in [6, 6.07) is 12.9. The van der Waals surface area contributed by atoms with Crippen molar-refractivity contribution in [1.82, 2.24) is 10.2 Å². The molecule has 0 bridgehead atoms. The zero-order chi connectivity index (χ0) is 19.4. The van der Waals surface area contributed by atoms with Gasteiger partial charge in [-0.2, -0.15) is 0 Å². The third-order valence-electron chi connectivity index (χ3n) is 3.85. The summed E-state index contributed by atoms with van der Waals surface area (Å²) in [7, 11) is 0. The Morgan fingerprint density at radius 3 is 2.48 bits per heavy atom. The second-order valence-corrected chi connectivity index (χ2v) is 7.62. The molecule has 5 nitrogen and oxygen atoms in total. The van der Waals surface area contributed by atoms with Gasteiger partial charge in [0.1, 0.15) is 18.1 Å². The van der Waals surface area contributed by atoms with Crippen LogP contribution in [-0.4, -0.2) is 23.4 Å². The van der Waals surface area contributed by atoms with E-state index in [0.717, 1.165) is 19.4 Å². The number of benzene rings is 2. The zero-order valence-corrected chi connectivity index (χ0v) is 17.4. The highest BCUT2D eigenvalue weighted by atomic mass is 79.9. The predicted molar refractivity (Wildman–Crippen MR) is 111 cm³/mol. The number of carbonyl (C=O) groups excluding carboxylic acids is 2. The van der Waals surface area contributed by atoms with Crippen LogP contribution in [-0.2, 0) is 11.4 Å². The maximum atomic E-state index is 12.4. The summed E-state index contributed by atoms with van der Waals surface area (Å²) in [5, 5.41) is 2.59. The summed E-state index contributed by atoms with van der Waals surface area (Å²) in [6.07, 6.45) is 3.12. The minimum absolute atomic E-state index is 0.160. The number of urea groups is 1. The second kappa shape index (κ2) is 8.54. The lowest BCUT2D eigenvalue weighted by atomic mass is 10.1. The first-order valence-electron chi connectivity index (χ1n) is 8.10. The molecule has 1 aliphatic rings. The number of carbonyl (C=O) groups is 2. The van der Waals surface area contributed by atoms with E-state index in [1.807, 2.05) is 42.5 Å². The minimum atomic E-state index is -0.460. The fraction of sp³-hybridized carbons (Fsp3) is 0.100. The molecule has 3 rings (SSSR count). The Bertz CT molecular complexity index is 923. The molecule has 0 unspecified atom stereocenters. The number of halogens is 2. The molecule has 7 heteroatoms. The van der Waals surface area contributed by atoms with Crippen molar-refractivity contribution in [1.29, 1.82) is 0 Å². The van der Waals surface area contributed by atoms with Crippen LogP contribution in [0.2, 0.25) is 0 Å². The Kier molecular flexibility index (Phi) is 6.13. The van der Waals surface area contributed by atoms with E-state index in [9.17, 15) is 9.59 Å². The quantitative estimate of drug-likeness (QED) is 0.356. The first-order chi connectivity index (χ1) is 13.0. The maximum absolute atomic E-state index is 12.4. The lowest BCUT2D eigenvalue weighted by Crippen LogP contribution is -2.30. The molecule has 0 aromatic heterocycles. The molecule has 1 fully saturated rings. The van der Waals surface area contributed by atoms with Gasteiger partial charge in [0.25, 0.3) is 5.91 Å². The SMILES string of the molecule is C=CCN1C(=O)N/C(=C/c2cc(Br)ccc2OCc2ccc(Br)cc2)C1=O. The first-order valence-corrected chi connectivity index (χ1v) is 9.69. The van der Waals surface area contributed by atoms with E-state index >= 15 is 0 Å². The molecular weight excluding hydrogens is 476 g/mol. The molecule has 1 saturated heterocycles. The number of hydrogen-bond donors (Lipinski definition) is 1.